The first-order chi connectivity index (χ1) is 25.3. The molecule has 8 atom stereocenters. The van der Waals surface area contributed by atoms with Gasteiger partial charge in [-0.2, -0.15) is 0 Å². The molecule has 53 heavy (non-hydrogen) atoms. The number of alkyl halides is 1. The third kappa shape index (κ3) is 5.28. The maximum Gasteiger partial charge on any atom is 0.190 e. The molecule has 7 nitrogen and oxygen atoms in total. The Bertz CT molecular complexity index is 2010. The molecule has 0 amide bonds. The van der Waals surface area contributed by atoms with E-state index >= 15 is 4.39 Å². The summed E-state index contributed by atoms with van der Waals surface area (Å²) in [5.41, 5.74) is -2.47. The van der Waals surface area contributed by atoms with Gasteiger partial charge in [-0.25, -0.2) is 9.37 Å². The van der Waals surface area contributed by atoms with E-state index in [0.717, 1.165) is 21.7 Å². The van der Waals surface area contributed by atoms with Crippen LogP contribution in [0.5, 0.6) is 0 Å². The highest BCUT2D eigenvalue weighted by Crippen LogP contribution is 2.70. The Morgan fingerprint density at radius 3 is 2.21 bits per heavy atom. The fourth-order valence-electron chi connectivity index (χ4n) is 10.7. The van der Waals surface area contributed by atoms with Crippen molar-refractivity contribution in [1.29, 1.82) is 0 Å². The number of imidazole rings is 1. The normalized spacial score (nSPS) is 33.1. The number of hydrogen-bond acceptors (Lipinski definition) is 6. The first-order valence-corrected chi connectivity index (χ1v) is 18.7. The summed E-state index contributed by atoms with van der Waals surface area (Å²) in [6, 6.07) is 28.8. The smallest absolute Gasteiger partial charge is 0.190 e. The summed E-state index contributed by atoms with van der Waals surface area (Å²) >= 11 is 6.69. The van der Waals surface area contributed by atoms with Crippen LogP contribution in [0.2, 0.25) is 5.02 Å². The summed E-state index contributed by atoms with van der Waals surface area (Å²) in [6.07, 6.45) is 10.1. The van der Waals surface area contributed by atoms with E-state index in [1.165, 1.54) is 12.2 Å². The molecule has 276 valence electrons. The molecule has 3 N–H and O–H groups in total. The Morgan fingerprint density at radius 2 is 1.62 bits per heavy atom. The van der Waals surface area contributed by atoms with E-state index in [9.17, 15) is 24.9 Å². The number of aromatic nitrogens is 2. The lowest BCUT2D eigenvalue weighted by atomic mass is 9.44. The number of rotatable bonds is 6. The molecule has 0 spiro atoms. The van der Waals surface area contributed by atoms with Crippen LogP contribution in [0.15, 0.2) is 127 Å². The first-order valence-electron chi connectivity index (χ1n) is 18.3. The summed E-state index contributed by atoms with van der Waals surface area (Å²) < 4.78 is 19.0. The van der Waals surface area contributed by atoms with E-state index in [1.54, 1.807) is 33.0 Å². The first kappa shape index (κ1) is 37.1. The number of aliphatic hydroxyl groups excluding tert-OH is 2. The number of aliphatic hydroxyl groups is 3. The van der Waals surface area contributed by atoms with Crippen LogP contribution < -0.4 is 0 Å². The van der Waals surface area contributed by atoms with Gasteiger partial charge in [0.05, 0.1) is 12.4 Å². The molecule has 3 fully saturated rings. The number of halogens is 2. The van der Waals surface area contributed by atoms with Gasteiger partial charge in [-0.3, -0.25) is 9.59 Å². The zero-order chi connectivity index (χ0) is 37.8. The van der Waals surface area contributed by atoms with E-state index in [2.05, 4.69) is 64.1 Å². The summed E-state index contributed by atoms with van der Waals surface area (Å²) in [4.78, 5) is 28.7. The Kier molecular flexibility index (Phi) is 9.51. The monoisotopic (exact) mass is 736 g/mol. The summed E-state index contributed by atoms with van der Waals surface area (Å²) in [5.74, 6) is -2.12. The van der Waals surface area contributed by atoms with Crippen LogP contribution in [-0.4, -0.2) is 60.4 Å². The van der Waals surface area contributed by atoms with Gasteiger partial charge in [0.15, 0.2) is 17.2 Å². The number of Topliss-reactive ketones (excluding diaryl/α,β-unsaturated/α-hetero) is 1. The fourth-order valence-corrected chi connectivity index (χ4v) is 11.0. The van der Waals surface area contributed by atoms with Gasteiger partial charge in [-0.15, -0.1) is 0 Å². The van der Waals surface area contributed by atoms with Gasteiger partial charge < -0.3 is 19.9 Å². The maximum atomic E-state index is 16.9. The molecule has 1 aromatic heterocycles. The lowest BCUT2D eigenvalue weighted by Crippen LogP contribution is -2.69. The van der Waals surface area contributed by atoms with Gasteiger partial charge in [0.1, 0.15) is 17.7 Å². The number of hydrogen-bond donors (Lipinski definition) is 3. The number of benzene rings is 3. The van der Waals surface area contributed by atoms with Gasteiger partial charge >= 0.3 is 0 Å². The maximum absolute atomic E-state index is 16.9. The van der Waals surface area contributed by atoms with Crippen LogP contribution in [0.25, 0.3) is 0 Å². The van der Waals surface area contributed by atoms with E-state index < -0.39 is 58.0 Å². The molecule has 0 bridgehead atoms. The second-order valence-electron chi connectivity index (χ2n) is 15.6. The van der Waals surface area contributed by atoms with Crippen molar-refractivity contribution in [3.63, 3.8) is 0 Å². The summed E-state index contributed by atoms with van der Waals surface area (Å²) in [7, 11) is 0. The number of fused-ring (bicyclic) bond motifs is 5. The molecule has 4 aromatic rings. The largest absolute Gasteiger partial charge is 0.390 e. The molecular formula is C44H46ClFN2O5. The Labute approximate surface area is 314 Å². The van der Waals surface area contributed by atoms with Gasteiger partial charge in [0, 0.05) is 39.7 Å². The van der Waals surface area contributed by atoms with E-state index in [4.69, 9.17) is 11.6 Å². The molecule has 0 saturated heterocycles. The lowest BCUT2D eigenvalue weighted by molar-refractivity contribution is -0.219. The average molecular weight is 737 g/mol. The third-order valence-corrected chi connectivity index (χ3v) is 13.7. The Morgan fingerprint density at radius 1 is 1.00 bits per heavy atom. The second-order valence-corrected chi connectivity index (χ2v) is 16.0. The molecule has 0 unspecified atom stereocenters. The number of nitrogens with zero attached hydrogens (tertiary/aromatic N) is 2. The van der Waals surface area contributed by atoms with E-state index in [-0.39, 0.29) is 18.1 Å². The average Bonchev–Trinajstić information content (AvgIpc) is 3.77. The van der Waals surface area contributed by atoms with Crippen molar-refractivity contribution in [2.75, 3.05) is 6.61 Å². The van der Waals surface area contributed by atoms with Crippen LogP contribution in [0.4, 0.5) is 4.39 Å². The topological polar surface area (TPSA) is 113 Å². The molecule has 0 aliphatic heterocycles. The van der Waals surface area contributed by atoms with Gasteiger partial charge in [0.25, 0.3) is 0 Å². The molecule has 4 aliphatic carbocycles. The minimum Gasteiger partial charge on any atom is -0.390 e. The number of allylic oxidation sites excluding steroid dienone is 4. The van der Waals surface area contributed by atoms with E-state index in [0.29, 0.717) is 24.8 Å². The SMILES string of the molecule is C[C@H]1C[C@H]2[C@@H]3CCC4=CC(=O)C=C[C@]4(C)[C@@]3(F)[C@@H](O)C[C@]2(C)[C@@]1(O)C(=O)CO.Clc1ccccc1C(c1ccccc1)(c1ccccc1)n1ccnc1. The van der Waals surface area contributed by atoms with Crippen LogP contribution in [-0.2, 0) is 15.1 Å². The molecule has 1 heterocycles. The van der Waals surface area contributed by atoms with Crippen LogP contribution in [0, 0.1) is 28.6 Å². The highest BCUT2D eigenvalue weighted by Gasteiger charge is 2.75. The van der Waals surface area contributed by atoms with Crippen LogP contribution in [0.1, 0.15) is 63.1 Å². The molecule has 0 radical (unpaired) electrons. The van der Waals surface area contributed by atoms with Gasteiger partial charge in [0.2, 0.25) is 0 Å². The molecular weight excluding hydrogens is 691 g/mol. The summed E-state index contributed by atoms with van der Waals surface area (Å²) in [6.45, 7) is 4.48. The van der Waals surface area contributed by atoms with Crippen molar-refractivity contribution in [2.24, 2.45) is 28.6 Å². The molecule has 3 aromatic carbocycles. The summed E-state index contributed by atoms with van der Waals surface area (Å²) in [5, 5.41) is 32.7. The minimum absolute atomic E-state index is 0.0676. The van der Waals surface area contributed by atoms with Gasteiger partial charge in [-0.1, -0.05) is 116 Å². The van der Waals surface area contributed by atoms with Crippen molar-refractivity contribution in [1.82, 2.24) is 9.55 Å². The van der Waals surface area contributed by atoms with E-state index in [1.807, 2.05) is 42.9 Å². The van der Waals surface area contributed by atoms with Crippen molar-refractivity contribution in [3.8, 4) is 0 Å². The van der Waals surface area contributed by atoms with Crippen LogP contribution in [0.3, 0.4) is 0 Å². The minimum atomic E-state index is -1.98. The van der Waals surface area contributed by atoms with Crippen molar-refractivity contribution < 1.29 is 29.3 Å². The number of carbonyl (C=O) groups excluding carboxylic acids is 2. The zero-order valence-electron chi connectivity index (χ0n) is 30.2. The van der Waals surface area contributed by atoms with Crippen LogP contribution >= 0.6 is 11.6 Å². The van der Waals surface area contributed by atoms with Crippen molar-refractivity contribution >= 4 is 23.2 Å². The predicted molar refractivity (Wildman–Crippen MR) is 202 cm³/mol. The molecule has 8 rings (SSSR count). The predicted octanol–water partition coefficient (Wildman–Crippen LogP) is 7.27. The number of ketones is 2. The Balaban J connectivity index is 0.000000165. The molecule has 9 heteroatoms. The second kappa shape index (κ2) is 13.6. The van der Waals surface area contributed by atoms with Crippen molar-refractivity contribution in [3.05, 3.63) is 149 Å². The molecule has 3 saturated carbocycles. The highest BCUT2D eigenvalue weighted by atomic mass is 35.5. The standard InChI is InChI=1S/C22H17ClN2.C22H29FO5/c23-21-14-8-7-13-20(21)22(25-16-15-24-17-25,18-9-3-1-4-10-18)19-11-5-2-6-12-19;1-12-8-16-15-5-4-13-9-14(25)6-7-19(13,2)21(15,23)17(26)10-20(16,3)22(12,28)18(27)11-24/h1-17H;6-7,9,12,15-17,24,26,28H,4-5,8,10-11H2,1-3H3/t;12-,15-,16-,17-,19-,20-,21-,22-/m.0/s1. The fraction of sp³-hybridized carbons (Fsp3) is 0.386. The van der Waals surface area contributed by atoms with Gasteiger partial charge in [-0.05, 0) is 73.8 Å². The highest BCUT2D eigenvalue weighted by molar-refractivity contribution is 6.31. The lowest BCUT2D eigenvalue weighted by Gasteiger charge is -2.62. The zero-order valence-corrected chi connectivity index (χ0v) is 31.0. The quantitative estimate of drug-likeness (QED) is 0.180. The van der Waals surface area contributed by atoms with Crippen molar-refractivity contribution in [2.45, 2.75) is 69.4 Å². The third-order valence-electron chi connectivity index (χ3n) is 13.3. The Hall–Kier alpha value is -4.21. The molecule has 4 aliphatic rings. The number of carbonyl (C=O) groups is 2.